The molecule has 0 aliphatic carbocycles. The molecule has 3 rings (SSSR count). The van der Waals surface area contributed by atoms with Crippen LogP contribution in [0.1, 0.15) is 234 Å². The van der Waals surface area contributed by atoms with Crippen LogP contribution in [0.4, 0.5) is 0 Å². The molecule has 17 amide bonds. The molecule has 1 aliphatic rings. The number of primary amides is 1. The Labute approximate surface area is 840 Å². The number of aliphatic hydroxyl groups excluding tert-OH is 1. The number of aliphatic carboxylic acids is 1. The summed E-state index contributed by atoms with van der Waals surface area (Å²) in [4.78, 5) is 256. The predicted molar refractivity (Wildman–Crippen MR) is 536 cm³/mol. The van der Waals surface area contributed by atoms with Crippen LogP contribution < -0.4 is 135 Å². The van der Waals surface area contributed by atoms with Crippen molar-refractivity contribution in [1.29, 1.82) is 16.2 Å². The maximum absolute atomic E-state index is 15.3. The van der Waals surface area contributed by atoms with Gasteiger partial charge in [-0.1, -0.05) is 102 Å². The molecule has 2 aromatic carbocycles. The molecule has 0 saturated heterocycles. The molecular formula is C95H158N28O21. The summed E-state index contributed by atoms with van der Waals surface area (Å²) >= 11 is 0. The smallest absolute Gasteiger partial charge is 0.303 e. The van der Waals surface area contributed by atoms with Gasteiger partial charge in [0.25, 0.3) is 0 Å². The van der Waals surface area contributed by atoms with Crippen LogP contribution in [0.2, 0.25) is 0 Å². The van der Waals surface area contributed by atoms with Crippen molar-refractivity contribution >= 4 is 124 Å². The minimum absolute atomic E-state index is 0.00306. The van der Waals surface area contributed by atoms with E-state index in [1.54, 1.807) is 70.2 Å². The highest BCUT2D eigenvalue weighted by atomic mass is 16.4. The fourth-order valence-corrected chi connectivity index (χ4v) is 15.4. The summed E-state index contributed by atoms with van der Waals surface area (Å²) in [6, 6.07) is -3.86. The molecular weight excluding hydrogens is 1870 g/mol. The Morgan fingerprint density at radius 2 is 0.910 bits per heavy atom. The molecule has 1 aliphatic heterocycles. The molecule has 0 fully saturated rings. The van der Waals surface area contributed by atoms with E-state index >= 15 is 19.2 Å². The van der Waals surface area contributed by atoms with Crippen molar-refractivity contribution in [3.63, 3.8) is 0 Å². The lowest BCUT2D eigenvalue weighted by Crippen LogP contribution is -2.65. The lowest BCUT2D eigenvalue weighted by molar-refractivity contribution is -0.139. The van der Waals surface area contributed by atoms with E-state index in [2.05, 4.69) is 101 Å². The predicted octanol–water partition coefficient (Wildman–Crippen LogP) is -4.03. The third-order valence-corrected chi connectivity index (χ3v) is 23.6. The van der Waals surface area contributed by atoms with Crippen LogP contribution in [0, 0.1) is 28.1 Å². The largest absolute Gasteiger partial charge is 0.508 e. The molecule has 49 heteroatoms. The Kier molecular flexibility index (Phi) is 57.0. The number of phenolic OH excluding ortho intramolecular Hbond substituents is 1. The lowest BCUT2D eigenvalue weighted by Gasteiger charge is -2.34. The average molecular weight is 2030 g/mol. The topological polar surface area (TPSA) is 824 Å². The van der Waals surface area contributed by atoms with E-state index in [1.165, 1.54) is 45.0 Å². The summed E-state index contributed by atoms with van der Waals surface area (Å²) in [5, 5.41) is 105. The molecule has 804 valence electrons. The monoisotopic (exact) mass is 2030 g/mol. The molecule has 0 unspecified atom stereocenters. The number of hydrogen-bond acceptors (Lipinski definition) is 25. The van der Waals surface area contributed by atoms with E-state index in [0.29, 0.717) is 43.2 Å². The van der Waals surface area contributed by atoms with Crippen LogP contribution in [0.15, 0.2) is 66.7 Å². The Bertz CT molecular complexity index is 4610. The first-order valence-electron chi connectivity index (χ1n) is 49.2. The highest BCUT2D eigenvalue weighted by molar-refractivity contribution is 6.02. The number of phenols is 1. The van der Waals surface area contributed by atoms with Gasteiger partial charge in [0.1, 0.15) is 89.3 Å². The molecule has 1 heterocycles. The highest BCUT2D eigenvalue weighted by Crippen LogP contribution is 2.23. The zero-order valence-corrected chi connectivity index (χ0v) is 84.2. The number of hydrogen-bond donors (Lipinski definition) is 31. The van der Waals surface area contributed by atoms with E-state index < -0.39 is 233 Å². The number of unbranched alkanes of at least 4 members (excludes halogenated alkanes) is 3. The molecule has 49 nitrogen and oxygen atoms in total. The Morgan fingerprint density at radius 1 is 0.472 bits per heavy atom. The van der Waals surface area contributed by atoms with Crippen molar-refractivity contribution in [3.8, 4) is 5.75 Å². The number of allylic oxidation sites excluding steroid dienone is 2. The van der Waals surface area contributed by atoms with Crippen molar-refractivity contribution < 1.29 is 102 Å². The zero-order chi connectivity index (χ0) is 108. The first-order valence-corrected chi connectivity index (χ1v) is 49.2. The third kappa shape index (κ3) is 48.7. The lowest BCUT2D eigenvalue weighted by atomic mass is 9.91. The van der Waals surface area contributed by atoms with Gasteiger partial charge in [0.15, 0.2) is 17.9 Å². The van der Waals surface area contributed by atoms with Crippen LogP contribution in [-0.2, 0) is 99.1 Å². The van der Waals surface area contributed by atoms with Crippen molar-refractivity contribution in [2.45, 2.75) is 325 Å². The summed E-state index contributed by atoms with van der Waals surface area (Å²) in [7, 11) is 0. The van der Waals surface area contributed by atoms with Crippen molar-refractivity contribution in [3.05, 3.63) is 77.9 Å². The Morgan fingerprint density at radius 3 is 1.39 bits per heavy atom. The minimum atomic E-state index is -2.05. The summed E-state index contributed by atoms with van der Waals surface area (Å²) < 4.78 is 0. The van der Waals surface area contributed by atoms with Gasteiger partial charge in [0.2, 0.25) is 100 Å². The van der Waals surface area contributed by atoms with Gasteiger partial charge in [-0.3, -0.25) is 103 Å². The van der Waals surface area contributed by atoms with Crippen LogP contribution in [0.25, 0.3) is 0 Å². The maximum Gasteiger partial charge on any atom is 0.303 e. The third-order valence-electron chi connectivity index (χ3n) is 23.6. The highest BCUT2D eigenvalue weighted by Gasteiger charge is 2.44. The normalized spacial score (nSPS) is 18.7. The number of aliphatic hydroxyl groups is 1. The van der Waals surface area contributed by atoms with Gasteiger partial charge < -0.3 is 151 Å². The van der Waals surface area contributed by atoms with E-state index in [1.807, 2.05) is 6.92 Å². The Balaban J connectivity index is 2.17. The fraction of sp³-hybridized carbons (Fsp3) is 0.632. The van der Waals surface area contributed by atoms with Crippen molar-refractivity contribution in [1.82, 2.24) is 101 Å². The molecule has 0 saturated carbocycles. The number of carbonyl (C=O) groups excluding carboxylic acids is 17. The van der Waals surface area contributed by atoms with Gasteiger partial charge in [-0.15, -0.1) is 0 Å². The van der Waals surface area contributed by atoms with Crippen LogP contribution in [-0.4, -0.2) is 275 Å². The summed E-state index contributed by atoms with van der Waals surface area (Å²) in [6.45, 7) is 13.1. The Hall–Kier alpha value is -13.9. The summed E-state index contributed by atoms with van der Waals surface area (Å²) in [5.74, 6) is -19.0. The van der Waals surface area contributed by atoms with E-state index in [4.69, 9.17) is 50.6 Å². The first kappa shape index (κ1) is 124. The molecule has 0 spiro atoms. The number of nitrogens with two attached hydrogens (primary N) is 6. The van der Waals surface area contributed by atoms with Gasteiger partial charge >= 0.3 is 5.97 Å². The standard InChI is InChI=1S/C95H158N28O21/c1-10-11-30-63(80(134)117-69(77(98)131)51-55(2)3)112-82(136)68(40-41-74(129)130)116-79(133)65(33-25-47-106-91(99)100)115-86(140)71(53-60-36-38-61(126)39-37-60)118-78(132)62(31-19-23-45-96)110-73(128)54-109-89(143)94(8)43-21-14-12-13-15-22-44-95(9,90(144)119-67(35-27-49-108-93(103)104)81(135)113-66(34-26-48-107-92(101)102)84(138)121-76(57(6)124)88(142)123-94)122-87(141)75(56(4)5)120-83(137)64(32-20-24-46-97)114-85(139)70(52-59-28-17-16-18-29-59)111-72(127)42-50-105-58(7)125/h12-13,16-18,28-29,36-39,55-57,62-71,75-76,124,126H,10-11,14-15,19-27,30-35,40-54,96-97H2,1-9H3,(H2,98,131)(H,105,125)(H,109,143)(H,110,128)(H,111,127)(H,112,136)(H,113,135)(H,114,139)(H,115,140)(H,116,133)(H,117,134)(H,118,132)(H,119,144)(H,120,137)(H,121,138)(H,122,141)(H,123,142)(H,129,130)(H4,99,100,106)(H4,101,102,107)(H4,103,104,108)/b13-12-/t57-,62+,63+,64+,65+,66+,67+,68+,69+,70+,71+,75+,76+,94+,95+/m1/s1. The summed E-state index contributed by atoms with van der Waals surface area (Å²) in [5.41, 5.74) is 31.2. The zero-order valence-electron chi connectivity index (χ0n) is 84.2. The van der Waals surface area contributed by atoms with Crippen LogP contribution in [0.5, 0.6) is 5.75 Å². The number of carboxylic acid groups (broad SMARTS) is 1. The molecule has 37 N–H and O–H groups in total. The summed E-state index contributed by atoms with van der Waals surface area (Å²) in [6.07, 6.45) is 1.59. The SMILES string of the molecule is CCCC[C@H](NC(=O)[C@H](CCC(=O)O)NC(=O)[C@H](CCCNC(=N)N)NC(=O)[C@H](Cc1ccc(O)cc1)NC(=O)[C@H](CCCCN)NC(=O)CNC(=O)[C@]1(C)CCC/C=C\CCC[C@](C)(NC(=O)[C@@H](NC(=O)[C@H](CCCCN)NC(=O)[C@H](Cc2ccccc2)NC(=O)CCNC(C)=O)C(C)C)C(=O)N[C@@H](CCCNC(=N)N)C(=O)N[C@@H](CCCNC(=N)N)C(=O)N[C@@H]([C@@H](C)O)C(=O)N1)C(=O)N[C@@H](CC(C)C)C(N)=O. The molecule has 15 atom stereocenters. The molecule has 0 radical (unpaired) electrons. The number of nitrogens with one attached hydrogen (secondary N) is 22. The first-order chi connectivity index (χ1) is 68.0. The minimum Gasteiger partial charge on any atom is -0.508 e. The number of carbonyl (C=O) groups is 18. The van der Waals surface area contributed by atoms with Gasteiger partial charge in [-0.2, -0.15) is 0 Å². The maximum atomic E-state index is 15.3. The molecule has 0 bridgehead atoms. The quantitative estimate of drug-likeness (QED) is 0.0130. The van der Waals surface area contributed by atoms with Crippen molar-refractivity contribution in [2.24, 2.45) is 46.2 Å². The fourth-order valence-electron chi connectivity index (χ4n) is 15.4. The number of rotatable bonds is 59. The van der Waals surface area contributed by atoms with Gasteiger partial charge in [-0.25, -0.2) is 0 Å². The van der Waals surface area contributed by atoms with E-state index in [9.17, 15) is 82.4 Å². The number of carboxylic acids is 1. The van der Waals surface area contributed by atoms with Gasteiger partial charge in [0.05, 0.1) is 12.6 Å². The second kappa shape index (κ2) is 66.1. The number of aromatic hydroxyl groups is 1. The van der Waals surface area contributed by atoms with Gasteiger partial charge in [0, 0.05) is 58.8 Å². The van der Waals surface area contributed by atoms with Crippen LogP contribution in [0.3, 0.4) is 0 Å². The number of amides is 17. The van der Waals surface area contributed by atoms with Gasteiger partial charge in [-0.05, 0) is 204 Å². The molecule has 2 aromatic rings. The van der Waals surface area contributed by atoms with E-state index in [-0.39, 0.29) is 185 Å². The second-order valence-corrected chi connectivity index (χ2v) is 37.1. The second-order valence-electron chi connectivity index (χ2n) is 37.1. The molecule has 144 heavy (non-hydrogen) atoms. The average Bonchev–Trinajstić information content (AvgIpc) is 0.860. The number of guanidine groups is 3. The number of benzene rings is 2. The van der Waals surface area contributed by atoms with Crippen LogP contribution >= 0.6 is 0 Å². The van der Waals surface area contributed by atoms with E-state index in [0.717, 1.165) is 6.92 Å². The van der Waals surface area contributed by atoms with Crippen molar-refractivity contribution in [2.75, 3.05) is 45.8 Å². The molecule has 0 aromatic heterocycles.